The molecule has 16 heteroatoms. The second kappa shape index (κ2) is 12.0. The molecule has 0 aliphatic carbocycles. The van der Waals surface area contributed by atoms with E-state index in [1.807, 2.05) is 0 Å². The number of hydrogen-bond acceptors (Lipinski definition) is 13. The number of thioether (sulfide) groups is 1. The Bertz CT molecular complexity index is 1300. The molecule has 2 aromatic heterocycles. The van der Waals surface area contributed by atoms with Crippen molar-refractivity contribution in [2.24, 2.45) is 15.8 Å². The molecule has 4 rings (SSSR count). The van der Waals surface area contributed by atoms with Gasteiger partial charge < -0.3 is 30.6 Å². The predicted octanol–water partition coefficient (Wildman–Crippen LogP) is -0.170. The van der Waals surface area contributed by atoms with Gasteiger partial charge >= 0.3 is 5.97 Å². The summed E-state index contributed by atoms with van der Waals surface area (Å²) in [4.78, 5) is 45.7. The fourth-order valence-corrected chi connectivity index (χ4v) is 4.85. The third kappa shape index (κ3) is 7.21. The third-order valence-corrected chi connectivity index (χ3v) is 6.47. The summed E-state index contributed by atoms with van der Waals surface area (Å²) in [7, 11) is 1.59. The van der Waals surface area contributed by atoms with Gasteiger partial charge in [-0.1, -0.05) is 11.8 Å². The van der Waals surface area contributed by atoms with Crippen molar-refractivity contribution in [1.82, 2.24) is 24.9 Å². The van der Waals surface area contributed by atoms with Gasteiger partial charge in [0.05, 0.1) is 37.9 Å². The van der Waals surface area contributed by atoms with E-state index < -0.39 is 28.9 Å². The molecule has 4 heterocycles. The van der Waals surface area contributed by atoms with Crippen LogP contribution >= 0.6 is 11.8 Å². The number of nitrogens with zero attached hydrogens (tertiary/aromatic N) is 6. The molecule has 0 spiro atoms. The molecule has 15 nitrogen and oxygen atoms in total. The van der Waals surface area contributed by atoms with Crippen LogP contribution in [-0.4, -0.2) is 105 Å². The molecule has 2 aromatic rings. The Hall–Kier alpha value is -3.76. The molecule has 4 N–H and O–H groups in total. The average molecular weight is 562 g/mol. The first-order valence-corrected chi connectivity index (χ1v) is 13.0. The highest BCUT2D eigenvalue weighted by molar-refractivity contribution is 8.15. The monoisotopic (exact) mass is 561 g/mol. The number of carbonyl (C=O) groups is 3. The standard InChI is InChI=1S/C23H31N9O6S/c1-23(2,3)38-16(33)12-32-21-18(17(30-32)19(24)34)28-22(39-21)27-13-10-26-15-9-14(29-31(15)11-13)20(35)25-5-6-37-8-7-36-4/h9-11,18,21H,5-8,12H2,1-4H3,(H2,24,34)(H,25,35)(H,27,28). The van der Waals surface area contributed by atoms with Crippen LogP contribution in [0.1, 0.15) is 31.3 Å². The SMILES string of the molecule is COCCOCCNC(=O)c1cc2ncc(NC3=NC4C(C(N)=O)=NN(CC(=O)OC(C)(C)C)C4S3)cn2n1. The van der Waals surface area contributed by atoms with E-state index in [0.717, 1.165) is 0 Å². The molecule has 0 radical (unpaired) electrons. The third-order valence-electron chi connectivity index (χ3n) is 5.29. The summed E-state index contributed by atoms with van der Waals surface area (Å²) < 4.78 is 17.1. The van der Waals surface area contributed by atoms with Gasteiger partial charge in [-0.25, -0.2) is 14.5 Å². The normalized spacial score (nSPS) is 18.5. The second-order valence-corrected chi connectivity index (χ2v) is 10.7. The first kappa shape index (κ1) is 28.3. The lowest BCUT2D eigenvalue weighted by molar-refractivity contribution is -0.156. The summed E-state index contributed by atoms with van der Waals surface area (Å²) in [6.45, 7) is 6.77. The van der Waals surface area contributed by atoms with E-state index in [2.05, 4.69) is 30.8 Å². The molecular weight excluding hydrogens is 530 g/mol. The zero-order valence-corrected chi connectivity index (χ0v) is 22.9. The van der Waals surface area contributed by atoms with Crippen LogP contribution in [-0.2, 0) is 23.8 Å². The number of esters is 1. The van der Waals surface area contributed by atoms with Crippen molar-refractivity contribution >= 4 is 51.8 Å². The Kier molecular flexibility index (Phi) is 8.66. The highest BCUT2D eigenvalue weighted by atomic mass is 32.2. The zero-order chi connectivity index (χ0) is 28.2. The maximum absolute atomic E-state index is 12.4. The quantitative estimate of drug-likeness (QED) is 0.244. The Balaban J connectivity index is 1.38. The van der Waals surface area contributed by atoms with Crippen molar-refractivity contribution in [2.45, 2.75) is 37.8 Å². The van der Waals surface area contributed by atoms with Crippen molar-refractivity contribution in [3.05, 3.63) is 24.2 Å². The molecule has 0 fully saturated rings. The van der Waals surface area contributed by atoms with Gasteiger partial charge in [0.2, 0.25) is 0 Å². The van der Waals surface area contributed by atoms with Crippen molar-refractivity contribution in [3.8, 4) is 0 Å². The topological polar surface area (TPSA) is 187 Å². The Morgan fingerprint density at radius 1 is 1.21 bits per heavy atom. The number of amides is 2. The molecule has 0 aromatic carbocycles. The molecular formula is C23H31N9O6S. The molecule has 0 bridgehead atoms. The van der Waals surface area contributed by atoms with Crippen LogP contribution in [0.4, 0.5) is 5.69 Å². The molecule has 210 valence electrons. The van der Waals surface area contributed by atoms with Gasteiger partial charge in [0, 0.05) is 19.7 Å². The van der Waals surface area contributed by atoms with Gasteiger partial charge in [-0.15, -0.1) is 0 Å². The Labute approximate surface area is 228 Å². The minimum atomic E-state index is -0.714. The molecule has 0 saturated carbocycles. The van der Waals surface area contributed by atoms with Crippen LogP contribution in [0.3, 0.4) is 0 Å². The summed E-state index contributed by atoms with van der Waals surface area (Å²) in [6, 6.07) is 0.925. The van der Waals surface area contributed by atoms with Crippen molar-refractivity contribution in [3.63, 3.8) is 0 Å². The summed E-state index contributed by atoms with van der Waals surface area (Å²) in [6.07, 6.45) is 3.23. The summed E-state index contributed by atoms with van der Waals surface area (Å²) >= 11 is 1.29. The van der Waals surface area contributed by atoms with Gasteiger partial charge in [-0.3, -0.25) is 19.4 Å². The fraction of sp³-hybridized carbons (Fsp3) is 0.522. The maximum Gasteiger partial charge on any atom is 0.327 e. The molecule has 2 aliphatic heterocycles. The van der Waals surface area contributed by atoms with Crippen molar-refractivity contribution in [1.29, 1.82) is 0 Å². The fourth-order valence-electron chi connectivity index (χ4n) is 3.71. The van der Waals surface area contributed by atoms with Gasteiger partial charge in [0.25, 0.3) is 11.8 Å². The van der Waals surface area contributed by atoms with Gasteiger partial charge in [0.15, 0.2) is 22.2 Å². The van der Waals surface area contributed by atoms with Crippen LogP contribution in [0.5, 0.6) is 0 Å². The number of methoxy groups -OCH3 is 1. The summed E-state index contributed by atoms with van der Waals surface area (Å²) in [5.74, 6) is -1.55. The molecule has 2 unspecified atom stereocenters. The number of nitrogens with two attached hydrogens (primary N) is 1. The maximum atomic E-state index is 12.4. The number of amidine groups is 1. The predicted molar refractivity (Wildman–Crippen MR) is 143 cm³/mol. The number of primary amides is 1. The lowest BCUT2D eigenvalue weighted by atomic mass is 10.2. The van der Waals surface area contributed by atoms with E-state index in [0.29, 0.717) is 42.9 Å². The van der Waals surface area contributed by atoms with Crippen molar-refractivity contribution in [2.75, 3.05) is 45.3 Å². The smallest absolute Gasteiger partial charge is 0.327 e. The molecule has 39 heavy (non-hydrogen) atoms. The highest BCUT2D eigenvalue weighted by Crippen LogP contribution is 2.35. The number of ether oxygens (including phenoxy) is 3. The minimum Gasteiger partial charge on any atom is -0.459 e. The summed E-state index contributed by atoms with van der Waals surface area (Å²) in [5, 5.41) is 15.9. The van der Waals surface area contributed by atoms with E-state index in [1.54, 1.807) is 46.3 Å². The molecule has 2 amide bonds. The van der Waals surface area contributed by atoms with Gasteiger partial charge in [-0.2, -0.15) is 10.2 Å². The Morgan fingerprint density at radius 2 is 2.00 bits per heavy atom. The van der Waals surface area contributed by atoms with E-state index >= 15 is 0 Å². The van der Waals surface area contributed by atoms with Crippen LogP contribution in [0.2, 0.25) is 0 Å². The van der Waals surface area contributed by atoms with E-state index in [4.69, 9.17) is 19.9 Å². The number of hydrazone groups is 1. The van der Waals surface area contributed by atoms with E-state index in [9.17, 15) is 14.4 Å². The van der Waals surface area contributed by atoms with Crippen LogP contribution in [0.15, 0.2) is 28.6 Å². The molecule has 2 atom stereocenters. The van der Waals surface area contributed by atoms with Gasteiger partial charge in [0.1, 0.15) is 23.6 Å². The minimum absolute atomic E-state index is 0.0632. The van der Waals surface area contributed by atoms with E-state index in [1.165, 1.54) is 21.3 Å². The van der Waals surface area contributed by atoms with Crippen LogP contribution < -0.4 is 16.4 Å². The Morgan fingerprint density at radius 3 is 2.72 bits per heavy atom. The number of carbonyl (C=O) groups excluding carboxylic acids is 3. The first-order chi connectivity index (χ1) is 18.5. The number of aliphatic imine (C=N–C) groups is 1. The molecule has 2 aliphatic rings. The number of aromatic nitrogens is 3. The van der Waals surface area contributed by atoms with E-state index in [-0.39, 0.29) is 23.9 Å². The highest BCUT2D eigenvalue weighted by Gasteiger charge is 2.46. The van der Waals surface area contributed by atoms with Crippen LogP contribution in [0.25, 0.3) is 5.65 Å². The number of nitrogens with one attached hydrogen (secondary N) is 2. The number of hydrogen-bond donors (Lipinski definition) is 3. The second-order valence-electron chi connectivity index (χ2n) is 9.58. The van der Waals surface area contributed by atoms with Crippen LogP contribution in [0, 0.1) is 0 Å². The average Bonchev–Trinajstić information content (AvgIpc) is 3.54. The number of fused-ring (bicyclic) bond motifs is 2. The van der Waals surface area contributed by atoms with Crippen molar-refractivity contribution < 1.29 is 28.6 Å². The zero-order valence-electron chi connectivity index (χ0n) is 22.0. The first-order valence-electron chi connectivity index (χ1n) is 12.1. The molecule has 0 saturated heterocycles. The largest absolute Gasteiger partial charge is 0.459 e. The lowest BCUT2D eigenvalue weighted by Crippen LogP contribution is -2.38. The lowest BCUT2D eigenvalue weighted by Gasteiger charge is -2.24. The van der Waals surface area contributed by atoms with Gasteiger partial charge in [-0.05, 0) is 20.8 Å². The summed E-state index contributed by atoms with van der Waals surface area (Å²) in [5.41, 5.74) is 6.15. The number of anilines is 1. The number of rotatable bonds is 11.